The van der Waals surface area contributed by atoms with Crippen molar-refractivity contribution in [1.29, 1.82) is 0 Å². The van der Waals surface area contributed by atoms with Crippen molar-refractivity contribution < 1.29 is 27.4 Å². The molecule has 0 aliphatic carbocycles. The van der Waals surface area contributed by atoms with Crippen LogP contribution in [0.4, 0.5) is 18.9 Å². The number of carbonyl (C=O) groups excluding carboxylic acids is 1. The Labute approximate surface area is 115 Å². The molecule has 2 N–H and O–H groups in total. The molecule has 10 heteroatoms. The average molecular weight is 319 g/mol. The molecule has 1 aromatic heterocycles. The molecule has 0 atom stereocenters. The number of carbonyl (C=O) groups is 1. The normalized spacial score (nSPS) is 10.6. The standard InChI is InChI=1S/C9H7Cl2F3N2O3/c10-5-7(15)6(11)9(16-8(5)14)19-2-4(17)18-1-3(12)13/h3H,1-2H2,(H2,15,16). The predicted octanol–water partition coefficient (Wildman–Crippen LogP) is 2.30. The second-order valence-corrected chi connectivity index (χ2v) is 3.87. The van der Waals surface area contributed by atoms with Crippen LogP contribution in [-0.2, 0) is 9.53 Å². The molecule has 0 amide bonds. The summed E-state index contributed by atoms with van der Waals surface area (Å²) in [6.07, 6.45) is -2.80. The highest BCUT2D eigenvalue weighted by atomic mass is 35.5. The maximum Gasteiger partial charge on any atom is 0.344 e. The van der Waals surface area contributed by atoms with Gasteiger partial charge in [-0.2, -0.15) is 9.37 Å². The van der Waals surface area contributed by atoms with Gasteiger partial charge in [-0.05, 0) is 0 Å². The first-order chi connectivity index (χ1) is 8.82. The molecular formula is C9H7Cl2F3N2O3. The van der Waals surface area contributed by atoms with E-state index in [1.165, 1.54) is 0 Å². The molecule has 106 valence electrons. The molecule has 0 fully saturated rings. The van der Waals surface area contributed by atoms with Crippen molar-refractivity contribution in [3.8, 4) is 5.88 Å². The Balaban J connectivity index is 2.66. The highest BCUT2D eigenvalue weighted by molar-refractivity contribution is 6.39. The zero-order valence-corrected chi connectivity index (χ0v) is 10.6. The van der Waals surface area contributed by atoms with Crippen LogP contribution in [0.25, 0.3) is 0 Å². The number of nitrogens with zero attached hydrogens (tertiary/aromatic N) is 1. The Morgan fingerprint density at radius 1 is 1.37 bits per heavy atom. The summed E-state index contributed by atoms with van der Waals surface area (Å²) in [6, 6.07) is 0. The Morgan fingerprint density at radius 2 is 2.00 bits per heavy atom. The lowest BCUT2D eigenvalue weighted by Crippen LogP contribution is -2.19. The van der Waals surface area contributed by atoms with Crippen molar-refractivity contribution in [2.45, 2.75) is 6.43 Å². The topological polar surface area (TPSA) is 74.4 Å². The second-order valence-electron chi connectivity index (χ2n) is 3.11. The van der Waals surface area contributed by atoms with Crippen molar-refractivity contribution in [1.82, 2.24) is 4.98 Å². The summed E-state index contributed by atoms with van der Waals surface area (Å²) in [7, 11) is 0. The van der Waals surface area contributed by atoms with Crippen LogP contribution < -0.4 is 10.5 Å². The Kier molecular flexibility index (Phi) is 5.49. The van der Waals surface area contributed by atoms with Crippen LogP contribution in [0, 0.1) is 5.95 Å². The highest BCUT2D eigenvalue weighted by Crippen LogP contribution is 2.35. The van der Waals surface area contributed by atoms with Gasteiger partial charge in [-0.15, -0.1) is 0 Å². The minimum atomic E-state index is -2.80. The van der Waals surface area contributed by atoms with E-state index in [4.69, 9.17) is 33.7 Å². The van der Waals surface area contributed by atoms with Crippen LogP contribution in [0.15, 0.2) is 0 Å². The summed E-state index contributed by atoms with van der Waals surface area (Å²) in [5.74, 6) is -2.72. The molecule has 1 rings (SSSR count). The third-order valence-corrected chi connectivity index (χ3v) is 2.46. The summed E-state index contributed by atoms with van der Waals surface area (Å²) < 4.78 is 45.4. The number of ether oxygens (including phenoxy) is 2. The largest absolute Gasteiger partial charge is 0.464 e. The molecule has 0 unspecified atom stereocenters. The number of nitrogens with two attached hydrogens (primary N) is 1. The molecule has 1 heterocycles. The van der Waals surface area contributed by atoms with Crippen molar-refractivity contribution in [2.75, 3.05) is 18.9 Å². The van der Waals surface area contributed by atoms with E-state index in [1.54, 1.807) is 0 Å². The molecule has 0 spiro atoms. The molecule has 19 heavy (non-hydrogen) atoms. The first-order valence-corrected chi connectivity index (χ1v) is 5.45. The first-order valence-electron chi connectivity index (χ1n) is 4.69. The third-order valence-electron chi connectivity index (χ3n) is 1.74. The summed E-state index contributed by atoms with van der Waals surface area (Å²) in [6.45, 7) is -1.85. The summed E-state index contributed by atoms with van der Waals surface area (Å²) >= 11 is 11.1. The van der Waals surface area contributed by atoms with Crippen molar-refractivity contribution in [2.24, 2.45) is 0 Å². The van der Waals surface area contributed by atoms with Gasteiger partial charge in [0.15, 0.2) is 13.2 Å². The molecule has 0 radical (unpaired) electrons. The number of nitrogen functional groups attached to an aromatic ring is 1. The number of alkyl halides is 2. The molecule has 0 aliphatic heterocycles. The molecule has 5 nitrogen and oxygen atoms in total. The lowest BCUT2D eigenvalue weighted by molar-refractivity contribution is -0.150. The zero-order valence-electron chi connectivity index (χ0n) is 9.13. The minimum Gasteiger partial charge on any atom is -0.464 e. The van der Waals surface area contributed by atoms with Crippen molar-refractivity contribution in [3.05, 3.63) is 16.0 Å². The van der Waals surface area contributed by atoms with E-state index in [9.17, 15) is 18.0 Å². The minimum absolute atomic E-state index is 0.298. The van der Waals surface area contributed by atoms with E-state index in [-0.39, 0.29) is 10.7 Å². The van der Waals surface area contributed by atoms with Gasteiger partial charge in [-0.1, -0.05) is 23.2 Å². The number of aromatic nitrogens is 1. The van der Waals surface area contributed by atoms with Gasteiger partial charge in [0.25, 0.3) is 6.43 Å². The number of rotatable bonds is 5. The van der Waals surface area contributed by atoms with Crippen LogP contribution in [0.5, 0.6) is 5.88 Å². The number of pyridine rings is 1. The lowest BCUT2D eigenvalue weighted by Gasteiger charge is -2.09. The molecule has 1 aromatic rings. The fourth-order valence-corrected chi connectivity index (χ4v) is 1.31. The predicted molar refractivity (Wildman–Crippen MR) is 61.1 cm³/mol. The molecule has 0 bridgehead atoms. The maximum atomic E-state index is 13.1. The summed E-state index contributed by atoms with van der Waals surface area (Å²) in [5.41, 5.74) is 5.04. The Hall–Kier alpha value is -1.41. The van der Waals surface area contributed by atoms with E-state index in [1.807, 2.05) is 0 Å². The van der Waals surface area contributed by atoms with Gasteiger partial charge >= 0.3 is 5.97 Å². The van der Waals surface area contributed by atoms with Crippen LogP contribution in [-0.4, -0.2) is 30.6 Å². The zero-order chi connectivity index (χ0) is 14.6. The fourth-order valence-electron chi connectivity index (χ4n) is 0.931. The van der Waals surface area contributed by atoms with Gasteiger partial charge in [0.1, 0.15) is 10.0 Å². The van der Waals surface area contributed by atoms with Gasteiger partial charge in [0, 0.05) is 0 Å². The van der Waals surface area contributed by atoms with Gasteiger partial charge in [-0.25, -0.2) is 13.6 Å². The van der Waals surface area contributed by atoms with Gasteiger partial charge in [0.2, 0.25) is 11.8 Å². The SMILES string of the molecule is Nc1c(Cl)c(F)nc(OCC(=O)OCC(F)F)c1Cl. The number of hydrogen-bond donors (Lipinski definition) is 1. The molecule has 0 saturated carbocycles. The summed E-state index contributed by atoms with van der Waals surface area (Å²) in [5, 5.41) is -0.786. The highest BCUT2D eigenvalue weighted by Gasteiger charge is 2.18. The fraction of sp³-hybridized carbons (Fsp3) is 0.333. The second kappa shape index (κ2) is 6.67. The van der Waals surface area contributed by atoms with E-state index in [0.717, 1.165) is 0 Å². The first kappa shape index (κ1) is 15.6. The lowest BCUT2D eigenvalue weighted by atomic mass is 10.4. The molecular weight excluding hydrogens is 312 g/mol. The molecule has 0 saturated heterocycles. The van der Waals surface area contributed by atoms with Crippen molar-refractivity contribution in [3.63, 3.8) is 0 Å². The Morgan fingerprint density at radius 3 is 2.58 bits per heavy atom. The third kappa shape index (κ3) is 4.32. The number of halogens is 5. The Bertz CT molecular complexity index is 488. The van der Waals surface area contributed by atoms with Crippen LogP contribution in [0.3, 0.4) is 0 Å². The van der Waals surface area contributed by atoms with E-state index >= 15 is 0 Å². The van der Waals surface area contributed by atoms with E-state index in [2.05, 4.69) is 9.72 Å². The average Bonchev–Trinajstić information content (AvgIpc) is 2.36. The molecule has 0 aliphatic rings. The monoisotopic (exact) mass is 318 g/mol. The maximum absolute atomic E-state index is 13.1. The quantitative estimate of drug-likeness (QED) is 0.666. The van der Waals surface area contributed by atoms with Crippen LogP contribution >= 0.6 is 23.2 Å². The van der Waals surface area contributed by atoms with E-state index in [0.29, 0.717) is 0 Å². The van der Waals surface area contributed by atoms with Gasteiger partial charge in [-0.3, -0.25) is 0 Å². The van der Waals surface area contributed by atoms with Gasteiger partial charge in [0.05, 0.1) is 5.69 Å². The number of anilines is 1. The molecule has 0 aromatic carbocycles. The van der Waals surface area contributed by atoms with Gasteiger partial charge < -0.3 is 15.2 Å². The smallest absolute Gasteiger partial charge is 0.344 e. The number of esters is 1. The van der Waals surface area contributed by atoms with E-state index < -0.39 is 42.5 Å². The van der Waals surface area contributed by atoms with Crippen LogP contribution in [0.1, 0.15) is 0 Å². The summed E-state index contributed by atoms with van der Waals surface area (Å²) in [4.78, 5) is 14.2. The van der Waals surface area contributed by atoms with Crippen molar-refractivity contribution >= 4 is 34.9 Å². The number of hydrogen-bond acceptors (Lipinski definition) is 5. The van der Waals surface area contributed by atoms with Crippen LogP contribution in [0.2, 0.25) is 10.0 Å².